The number of amides is 3. The van der Waals surface area contributed by atoms with Gasteiger partial charge in [-0.2, -0.15) is 5.10 Å². The van der Waals surface area contributed by atoms with E-state index in [-0.39, 0.29) is 17.2 Å². The Morgan fingerprint density at radius 3 is 2.70 bits per heavy atom. The molecule has 27 heavy (non-hydrogen) atoms. The van der Waals surface area contributed by atoms with Gasteiger partial charge in [-0.05, 0) is 18.2 Å². The van der Waals surface area contributed by atoms with Crippen LogP contribution in [0.25, 0.3) is 0 Å². The van der Waals surface area contributed by atoms with Gasteiger partial charge in [0.2, 0.25) is 0 Å². The summed E-state index contributed by atoms with van der Waals surface area (Å²) in [4.78, 5) is 23.9. The second-order valence-electron chi connectivity index (χ2n) is 5.80. The molecule has 2 aromatic rings. The maximum atomic E-state index is 12.5. The zero-order valence-corrected chi connectivity index (χ0v) is 15.3. The monoisotopic (exact) mass is 407 g/mol. The first-order chi connectivity index (χ1) is 12.8. The van der Waals surface area contributed by atoms with Gasteiger partial charge < -0.3 is 10.4 Å². The Labute approximate surface area is 164 Å². The zero-order chi connectivity index (χ0) is 19.6. The Morgan fingerprint density at radius 1 is 1.26 bits per heavy atom. The van der Waals surface area contributed by atoms with Crippen molar-refractivity contribution in [1.29, 1.82) is 0 Å². The number of carbonyl (C=O) groups excluding carboxylic acids is 2. The fraction of sp³-hybridized carbons (Fsp3) is 0.118. The van der Waals surface area contributed by atoms with Crippen molar-refractivity contribution in [3.05, 3.63) is 63.6 Å². The largest absolute Gasteiger partial charge is 0.375 e. The number of hydrazone groups is 1. The first-order valence-electron chi connectivity index (χ1n) is 7.77. The molecule has 3 amide bonds. The third kappa shape index (κ3) is 3.74. The van der Waals surface area contributed by atoms with Crippen LogP contribution in [0.15, 0.2) is 47.6 Å². The second-order valence-corrected chi connectivity index (χ2v) is 6.65. The van der Waals surface area contributed by atoms with Gasteiger partial charge in [0, 0.05) is 28.3 Å². The van der Waals surface area contributed by atoms with Crippen LogP contribution in [0.3, 0.4) is 0 Å². The highest BCUT2D eigenvalue weighted by molar-refractivity contribution is 6.37. The molecule has 2 aromatic carbocycles. The van der Waals surface area contributed by atoms with E-state index in [0.717, 1.165) is 0 Å². The van der Waals surface area contributed by atoms with E-state index in [0.29, 0.717) is 21.8 Å². The molecule has 0 radical (unpaired) electrons. The van der Waals surface area contributed by atoms with Crippen molar-refractivity contribution in [2.24, 2.45) is 10.9 Å². The van der Waals surface area contributed by atoms with Gasteiger partial charge in [0.1, 0.15) is 0 Å². The second kappa shape index (κ2) is 7.53. The van der Waals surface area contributed by atoms with Crippen LogP contribution in [-0.2, 0) is 10.4 Å². The molecule has 0 bridgehead atoms. The summed E-state index contributed by atoms with van der Waals surface area (Å²) >= 11 is 12.2. The number of hydrogen-bond acceptors (Lipinski definition) is 5. The van der Waals surface area contributed by atoms with Gasteiger partial charge in [-0.3, -0.25) is 10.2 Å². The van der Waals surface area contributed by atoms with Crippen molar-refractivity contribution in [2.75, 3.05) is 5.32 Å². The molecule has 0 spiro atoms. The van der Waals surface area contributed by atoms with Gasteiger partial charge in [-0.15, -0.1) is 0 Å². The SMILES string of the molecule is NNC(=O)NN=C(CC1(O)C(=O)Nc2ccccc21)c1ccc(Cl)cc1Cl. The molecular formula is C17H15Cl2N5O3. The number of fused-ring (bicyclic) bond motifs is 1. The standard InChI is InChI=1S/C17H15Cl2N5O3/c18-9-5-6-10(12(19)7-9)14(23-24-16(26)22-20)8-17(27)11-3-1-2-4-13(11)21-15(17)25/h1-7,27H,8,20H2,(H,21,25)(H2,22,24,26). The molecular weight excluding hydrogens is 393 g/mol. The van der Waals surface area contributed by atoms with E-state index in [1.54, 1.807) is 36.4 Å². The predicted molar refractivity (Wildman–Crippen MR) is 102 cm³/mol. The van der Waals surface area contributed by atoms with E-state index in [4.69, 9.17) is 29.0 Å². The number of nitrogens with one attached hydrogen (secondary N) is 3. The number of rotatable bonds is 4. The zero-order valence-electron chi connectivity index (χ0n) is 13.8. The number of halogens is 2. The number of nitrogens with zero attached hydrogens (tertiary/aromatic N) is 1. The van der Waals surface area contributed by atoms with Gasteiger partial charge in [0.15, 0.2) is 5.60 Å². The van der Waals surface area contributed by atoms with Crippen LogP contribution in [0, 0.1) is 0 Å². The molecule has 1 unspecified atom stereocenters. The van der Waals surface area contributed by atoms with E-state index < -0.39 is 17.5 Å². The van der Waals surface area contributed by atoms with Gasteiger partial charge in [-0.1, -0.05) is 47.5 Å². The smallest absolute Gasteiger partial charge is 0.349 e. The summed E-state index contributed by atoms with van der Waals surface area (Å²) in [6.45, 7) is 0. The molecule has 8 nitrogen and oxygen atoms in total. The van der Waals surface area contributed by atoms with E-state index in [9.17, 15) is 14.7 Å². The molecule has 1 heterocycles. The minimum absolute atomic E-state index is 0.162. The first-order valence-corrected chi connectivity index (χ1v) is 8.52. The summed E-state index contributed by atoms with van der Waals surface area (Å²) in [6, 6.07) is 10.6. The van der Waals surface area contributed by atoms with Crippen LogP contribution in [0.5, 0.6) is 0 Å². The summed E-state index contributed by atoms with van der Waals surface area (Å²) in [5.41, 5.74) is 3.61. The Morgan fingerprint density at radius 2 is 2.00 bits per heavy atom. The third-order valence-electron chi connectivity index (χ3n) is 4.09. The van der Waals surface area contributed by atoms with Crippen LogP contribution < -0.4 is 22.0 Å². The highest BCUT2D eigenvalue weighted by Gasteiger charge is 2.46. The molecule has 0 saturated heterocycles. The van der Waals surface area contributed by atoms with Crippen molar-refractivity contribution in [3.63, 3.8) is 0 Å². The summed E-state index contributed by atoms with van der Waals surface area (Å²) < 4.78 is 0. The van der Waals surface area contributed by atoms with Crippen LogP contribution in [0.4, 0.5) is 10.5 Å². The molecule has 0 saturated carbocycles. The maximum Gasteiger partial charge on any atom is 0.349 e. The van der Waals surface area contributed by atoms with E-state index in [2.05, 4.69) is 15.8 Å². The topological polar surface area (TPSA) is 129 Å². The molecule has 0 aliphatic carbocycles. The lowest BCUT2D eigenvalue weighted by atomic mass is 9.87. The molecule has 10 heteroatoms. The van der Waals surface area contributed by atoms with Gasteiger partial charge in [0.05, 0.1) is 10.7 Å². The average Bonchev–Trinajstić information content (AvgIpc) is 2.89. The van der Waals surface area contributed by atoms with E-state index in [1.807, 2.05) is 5.43 Å². The number of anilines is 1. The van der Waals surface area contributed by atoms with E-state index in [1.165, 1.54) is 6.07 Å². The lowest BCUT2D eigenvalue weighted by Crippen LogP contribution is -2.40. The highest BCUT2D eigenvalue weighted by Crippen LogP contribution is 2.39. The Kier molecular flexibility index (Phi) is 5.33. The summed E-state index contributed by atoms with van der Waals surface area (Å²) in [7, 11) is 0. The molecule has 0 fully saturated rings. The number of aliphatic hydroxyl groups is 1. The Bertz CT molecular complexity index is 950. The third-order valence-corrected chi connectivity index (χ3v) is 4.63. The fourth-order valence-corrected chi connectivity index (χ4v) is 3.31. The van der Waals surface area contributed by atoms with Crippen molar-refractivity contribution < 1.29 is 14.7 Å². The lowest BCUT2D eigenvalue weighted by Gasteiger charge is -2.22. The molecule has 1 aliphatic heterocycles. The van der Waals surface area contributed by atoms with Crippen LogP contribution in [0.2, 0.25) is 10.0 Å². The maximum absolute atomic E-state index is 12.5. The Hall–Kier alpha value is -2.65. The number of nitrogens with two attached hydrogens (primary N) is 1. The molecule has 140 valence electrons. The van der Waals surface area contributed by atoms with Gasteiger partial charge >= 0.3 is 6.03 Å². The van der Waals surface area contributed by atoms with Crippen molar-refractivity contribution in [3.8, 4) is 0 Å². The average molecular weight is 408 g/mol. The normalized spacial score (nSPS) is 18.7. The molecule has 0 aromatic heterocycles. The van der Waals surface area contributed by atoms with Crippen LogP contribution >= 0.6 is 23.2 Å². The minimum atomic E-state index is -1.89. The van der Waals surface area contributed by atoms with Crippen LogP contribution in [0.1, 0.15) is 17.5 Å². The molecule has 1 aliphatic rings. The number of hydrogen-bond donors (Lipinski definition) is 5. The predicted octanol–water partition coefficient (Wildman–Crippen LogP) is 2.10. The van der Waals surface area contributed by atoms with E-state index >= 15 is 0 Å². The number of hydrazine groups is 1. The summed E-state index contributed by atoms with van der Waals surface area (Å²) in [5, 5.41) is 18.3. The number of benzene rings is 2. The van der Waals surface area contributed by atoms with Gasteiger partial charge in [0.25, 0.3) is 5.91 Å². The number of urea groups is 1. The highest BCUT2D eigenvalue weighted by atomic mass is 35.5. The molecule has 6 N–H and O–H groups in total. The quantitative estimate of drug-likeness (QED) is 0.230. The fourth-order valence-electron chi connectivity index (χ4n) is 2.79. The minimum Gasteiger partial charge on any atom is -0.375 e. The van der Waals surface area contributed by atoms with Crippen molar-refractivity contribution in [2.45, 2.75) is 12.0 Å². The van der Waals surface area contributed by atoms with Gasteiger partial charge in [-0.25, -0.2) is 16.1 Å². The molecule has 3 rings (SSSR count). The number of carbonyl (C=O) groups is 2. The van der Waals surface area contributed by atoms with Crippen molar-refractivity contribution in [1.82, 2.24) is 10.9 Å². The Balaban J connectivity index is 2.04. The first kappa shape index (κ1) is 19.1. The van der Waals surface area contributed by atoms with Crippen molar-refractivity contribution >= 4 is 46.5 Å². The van der Waals surface area contributed by atoms with Crippen LogP contribution in [-0.4, -0.2) is 22.8 Å². The number of para-hydroxylation sites is 1. The summed E-state index contributed by atoms with van der Waals surface area (Å²) in [6.07, 6.45) is -0.248. The lowest BCUT2D eigenvalue weighted by molar-refractivity contribution is -0.132. The summed E-state index contributed by atoms with van der Waals surface area (Å²) in [5.74, 6) is 4.43. The molecule has 1 atom stereocenters.